The van der Waals surface area contributed by atoms with Crippen molar-refractivity contribution in [2.45, 2.75) is 17.9 Å². The third-order valence-corrected chi connectivity index (χ3v) is 4.71. The fourth-order valence-electron chi connectivity index (χ4n) is 2.02. The number of rotatable bonds is 4. The van der Waals surface area contributed by atoms with Gasteiger partial charge in [0.25, 0.3) is 5.22 Å². The molecule has 2 aromatic heterocycles. The summed E-state index contributed by atoms with van der Waals surface area (Å²) in [5.74, 6) is 2.61. The Hall–Kier alpha value is -2.06. The SMILES string of the molecule is Cc1nc(CSc2nnc(-c3ccc4c(c3)OCO4)o2)cs1. The number of nitrogens with zero attached hydrogens (tertiary/aromatic N) is 3. The predicted octanol–water partition coefficient (Wildman–Crippen LogP) is 3.52. The fraction of sp³-hybridized carbons (Fsp3) is 0.214. The standard InChI is InChI=1S/C14H11N3O3S2/c1-8-15-10(5-21-8)6-22-14-17-16-13(20-14)9-2-3-11-12(4-9)19-7-18-11/h2-5H,6-7H2,1H3. The number of aryl methyl sites for hydroxylation is 1. The van der Waals surface area contributed by atoms with Crippen molar-refractivity contribution in [3.63, 3.8) is 0 Å². The van der Waals surface area contributed by atoms with Crippen molar-refractivity contribution >= 4 is 23.1 Å². The molecule has 3 heterocycles. The molecule has 0 amide bonds. The largest absolute Gasteiger partial charge is 0.454 e. The molecule has 0 atom stereocenters. The van der Waals surface area contributed by atoms with Crippen LogP contribution < -0.4 is 9.47 Å². The second-order valence-corrected chi connectivity index (χ2v) is 6.58. The fourth-order valence-corrected chi connectivity index (χ4v) is 3.40. The molecule has 112 valence electrons. The first kappa shape index (κ1) is 13.6. The smallest absolute Gasteiger partial charge is 0.277 e. The van der Waals surface area contributed by atoms with Gasteiger partial charge in [0, 0.05) is 16.7 Å². The van der Waals surface area contributed by atoms with Gasteiger partial charge in [-0.3, -0.25) is 0 Å². The van der Waals surface area contributed by atoms with E-state index < -0.39 is 0 Å². The zero-order valence-corrected chi connectivity index (χ0v) is 13.2. The van der Waals surface area contributed by atoms with E-state index in [1.165, 1.54) is 11.8 Å². The zero-order chi connectivity index (χ0) is 14.9. The normalized spacial score (nSPS) is 12.8. The maximum absolute atomic E-state index is 5.68. The minimum atomic E-state index is 0.247. The van der Waals surface area contributed by atoms with Crippen LogP contribution >= 0.6 is 23.1 Å². The van der Waals surface area contributed by atoms with Crippen molar-refractivity contribution in [1.82, 2.24) is 15.2 Å². The van der Waals surface area contributed by atoms with E-state index in [1.54, 1.807) is 11.3 Å². The molecule has 0 aliphatic carbocycles. The summed E-state index contributed by atoms with van der Waals surface area (Å²) >= 11 is 3.11. The Morgan fingerprint density at radius 2 is 2.14 bits per heavy atom. The van der Waals surface area contributed by atoms with Crippen LogP contribution in [-0.4, -0.2) is 22.0 Å². The molecule has 1 aliphatic rings. The Kier molecular flexibility index (Phi) is 3.47. The van der Waals surface area contributed by atoms with E-state index >= 15 is 0 Å². The van der Waals surface area contributed by atoms with Crippen molar-refractivity contribution < 1.29 is 13.9 Å². The van der Waals surface area contributed by atoms with Crippen LogP contribution in [0.5, 0.6) is 11.5 Å². The molecule has 0 saturated heterocycles. The van der Waals surface area contributed by atoms with Gasteiger partial charge in [-0.1, -0.05) is 11.8 Å². The molecule has 0 N–H and O–H groups in total. The Labute approximate surface area is 134 Å². The van der Waals surface area contributed by atoms with Gasteiger partial charge in [0.1, 0.15) is 0 Å². The van der Waals surface area contributed by atoms with Crippen molar-refractivity contribution in [2.24, 2.45) is 0 Å². The number of aromatic nitrogens is 3. The third-order valence-electron chi connectivity index (χ3n) is 3.04. The van der Waals surface area contributed by atoms with E-state index in [9.17, 15) is 0 Å². The van der Waals surface area contributed by atoms with Gasteiger partial charge in [-0.25, -0.2) is 4.98 Å². The van der Waals surface area contributed by atoms with E-state index in [2.05, 4.69) is 15.2 Å². The Morgan fingerprint density at radius 3 is 3.00 bits per heavy atom. The molecule has 6 nitrogen and oxygen atoms in total. The van der Waals surface area contributed by atoms with Crippen molar-refractivity contribution in [1.29, 1.82) is 0 Å². The summed E-state index contributed by atoms with van der Waals surface area (Å²) in [5, 5.41) is 11.8. The van der Waals surface area contributed by atoms with Crippen molar-refractivity contribution in [3.8, 4) is 23.0 Å². The van der Waals surface area contributed by atoms with Crippen LogP contribution in [0.4, 0.5) is 0 Å². The average molecular weight is 333 g/mol. The predicted molar refractivity (Wildman–Crippen MR) is 82.3 cm³/mol. The molecule has 4 rings (SSSR count). The second kappa shape index (κ2) is 5.62. The number of thioether (sulfide) groups is 1. The van der Waals surface area contributed by atoms with E-state index in [0.717, 1.165) is 22.0 Å². The Balaban J connectivity index is 1.49. The number of ether oxygens (including phenoxy) is 2. The summed E-state index contributed by atoms with van der Waals surface area (Å²) in [6.45, 7) is 2.24. The summed E-state index contributed by atoms with van der Waals surface area (Å²) in [7, 11) is 0. The molecule has 3 aromatic rings. The molecule has 22 heavy (non-hydrogen) atoms. The number of benzene rings is 1. The van der Waals surface area contributed by atoms with Gasteiger partial charge in [0.2, 0.25) is 12.7 Å². The first-order valence-corrected chi connectivity index (χ1v) is 8.42. The van der Waals surface area contributed by atoms with Crippen LogP contribution in [0.25, 0.3) is 11.5 Å². The molecular weight excluding hydrogens is 322 g/mol. The highest BCUT2D eigenvalue weighted by molar-refractivity contribution is 7.98. The molecule has 8 heteroatoms. The average Bonchev–Trinajstić information content (AvgIpc) is 3.24. The first-order valence-electron chi connectivity index (χ1n) is 6.55. The van der Waals surface area contributed by atoms with E-state index in [0.29, 0.717) is 22.6 Å². The van der Waals surface area contributed by atoms with E-state index in [4.69, 9.17) is 13.9 Å². The molecular formula is C14H11N3O3S2. The van der Waals surface area contributed by atoms with Gasteiger partial charge in [-0.05, 0) is 25.1 Å². The van der Waals surface area contributed by atoms with Gasteiger partial charge >= 0.3 is 0 Å². The van der Waals surface area contributed by atoms with Crippen LogP contribution in [0.15, 0.2) is 33.2 Å². The highest BCUT2D eigenvalue weighted by Gasteiger charge is 2.17. The second-order valence-electron chi connectivity index (χ2n) is 4.59. The van der Waals surface area contributed by atoms with Crippen LogP contribution in [0.2, 0.25) is 0 Å². The van der Waals surface area contributed by atoms with Crippen LogP contribution in [0.3, 0.4) is 0 Å². The van der Waals surface area contributed by atoms with Crippen molar-refractivity contribution in [3.05, 3.63) is 34.3 Å². The number of thiazole rings is 1. The van der Waals surface area contributed by atoms with Crippen LogP contribution in [0.1, 0.15) is 10.7 Å². The molecule has 0 unspecified atom stereocenters. The Morgan fingerprint density at radius 1 is 1.23 bits per heavy atom. The van der Waals surface area contributed by atoms with Crippen molar-refractivity contribution in [2.75, 3.05) is 6.79 Å². The molecule has 1 aliphatic heterocycles. The van der Waals surface area contributed by atoms with Crippen LogP contribution in [0, 0.1) is 6.92 Å². The van der Waals surface area contributed by atoms with Gasteiger partial charge in [-0.2, -0.15) is 0 Å². The van der Waals surface area contributed by atoms with Crippen LogP contribution in [-0.2, 0) is 5.75 Å². The maximum atomic E-state index is 5.68. The summed E-state index contributed by atoms with van der Waals surface area (Å²) in [4.78, 5) is 4.41. The maximum Gasteiger partial charge on any atom is 0.277 e. The minimum absolute atomic E-state index is 0.247. The lowest BCUT2D eigenvalue weighted by atomic mass is 10.2. The first-order chi connectivity index (χ1) is 10.8. The molecule has 0 fully saturated rings. The summed E-state index contributed by atoms with van der Waals surface area (Å²) in [6.07, 6.45) is 0. The molecule has 0 spiro atoms. The van der Waals surface area contributed by atoms with Gasteiger partial charge in [0.15, 0.2) is 11.5 Å². The summed E-state index contributed by atoms with van der Waals surface area (Å²) in [6, 6.07) is 5.56. The van der Waals surface area contributed by atoms with Gasteiger partial charge < -0.3 is 13.9 Å². The quantitative estimate of drug-likeness (QED) is 0.676. The van der Waals surface area contributed by atoms with E-state index in [-0.39, 0.29) is 6.79 Å². The summed E-state index contributed by atoms with van der Waals surface area (Å²) in [5.41, 5.74) is 1.84. The lowest BCUT2D eigenvalue weighted by Gasteiger charge is -1.97. The van der Waals surface area contributed by atoms with Gasteiger partial charge in [-0.15, -0.1) is 21.5 Å². The highest BCUT2D eigenvalue weighted by atomic mass is 32.2. The zero-order valence-electron chi connectivity index (χ0n) is 11.6. The summed E-state index contributed by atoms with van der Waals surface area (Å²) < 4.78 is 16.3. The molecule has 1 aromatic carbocycles. The lowest BCUT2D eigenvalue weighted by molar-refractivity contribution is 0.174. The monoisotopic (exact) mass is 333 g/mol. The number of fused-ring (bicyclic) bond motifs is 1. The molecule has 0 saturated carbocycles. The van der Waals surface area contributed by atoms with E-state index in [1.807, 2.05) is 30.5 Å². The highest BCUT2D eigenvalue weighted by Crippen LogP contribution is 2.36. The topological polar surface area (TPSA) is 70.3 Å². The Bertz CT molecular complexity index is 815. The lowest BCUT2D eigenvalue weighted by Crippen LogP contribution is -1.92. The number of hydrogen-bond acceptors (Lipinski definition) is 8. The number of hydrogen-bond donors (Lipinski definition) is 0. The minimum Gasteiger partial charge on any atom is -0.454 e. The third kappa shape index (κ3) is 2.67. The molecule has 0 bridgehead atoms. The van der Waals surface area contributed by atoms with Gasteiger partial charge in [0.05, 0.1) is 10.7 Å². The molecule has 0 radical (unpaired) electrons.